The minimum Gasteiger partial charge on any atom is -0.347 e. The number of rotatable bonds is 8. The fourth-order valence-corrected chi connectivity index (χ4v) is 4.23. The van der Waals surface area contributed by atoms with E-state index in [2.05, 4.69) is 39.6 Å². The van der Waals surface area contributed by atoms with Crippen LogP contribution in [-0.4, -0.2) is 43.5 Å². The van der Waals surface area contributed by atoms with Gasteiger partial charge >= 0.3 is 0 Å². The molecule has 2 aliphatic rings. The monoisotopic (exact) mass is 339 g/mol. The van der Waals surface area contributed by atoms with Crippen molar-refractivity contribution >= 4 is 0 Å². The third-order valence-corrected chi connectivity index (χ3v) is 6.11. The van der Waals surface area contributed by atoms with Gasteiger partial charge in [0.2, 0.25) is 0 Å². The van der Waals surface area contributed by atoms with E-state index >= 15 is 0 Å². The molecule has 0 aromatic rings. The minimum atomic E-state index is -0.244. The summed E-state index contributed by atoms with van der Waals surface area (Å²) >= 11 is 0. The van der Waals surface area contributed by atoms with Crippen molar-refractivity contribution in [2.24, 2.45) is 11.3 Å². The Morgan fingerprint density at radius 1 is 1.04 bits per heavy atom. The average molecular weight is 340 g/mol. The van der Waals surface area contributed by atoms with Crippen LogP contribution >= 0.6 is 0 Å². The highest BCUT2D eigenvalue weighted by molar-refractivity contribution is 4.88. The van der Waals surface area contributed by atoms with Crippen molar-refractivity contribution in [3.05, 3.63) is 0 Å². The van der Waals surface area contributed by atoms with Gasteiger partial charge in [-0.05, 0) is 50.6 Å². The molecule has 1 saturated heterocycles. The van der Waals surface area contributed by atoms with Crippen molar-refractivity contribution in [3.8, 4) is 0 Å². The third-order valence-electron chi connectivity index (χ3n) is 6.11. The summed E-state index contributed by atoms with van der Waals surface area (Å²) in [4.78, 5) is 2.46. The Morgan fingerprint density at radius 3 is 2.38 bits per heavy atom. The summed E-state index contributed by atoms with van der Waals surface area (Å²) in [5.74, 6) is 0.565. The second-order valence-electron chi connectivity index (χ2n) is 9.25. The van der Waals surface area contributed by atoms with Gasteiger partial charge in [0.15, 0.2) is 5.79 Å². The van der Waals surface area contributed by atoms with E-state index < -0.39 is 0 Å². The molecular weight excluding hydrogens is 298 g/mol. The van der Waals surface area contributed by atoms with Gasteiger partial charge in [-0.2, -0.15) is 0 Å². The number of hydrogen-bond donors (Lipinski definition) is 0. The minimum absolute atomic E-state index is 0.244. The molecule has 1 aliphatic heterocycles. The van der Waals surface area contributed by atoms with Crippen molar-refractivity contribution in [3.63, 3.8) is 0 Å². The summed E-state index contributed by atoms with van der Waals surface area (Å²) in [6, 6.07) is 0. The highest BCUT2D eigenvalue weighted by Gasteiger charge is 2.45. The van der Waals surface area contributed by atoms with E-state index in [-0.39, 0.29) is 5.79 Å². The molecule has 1 aliphatic carbocycles. The second-order valence-corrected chi connectivity index (χ2v) is 9.25. The molecule has 1 saturated carbocycles. The van der Waals surface area contributed by atoms with Gasteiger partial charge in [-0.1, -0.05) is 47.0 Å². The molecule has 1 heterocycles. The summed E-state index contributed by atoms with van der Waals surface area (Å²) in [5, 5.41) is 0. The number of unbranched alkanes of at least 4 members (excludes halogenated alkanes) is 3. The maximum atomic E-state index is 6.40. The van der Waals surface area contributed by atoms with E-state index in [9.17, 15) is 0 Å². The Kier molecular flexibility index (Phi) is 7.58. The Hall–Kier alpha value is -0.120. The highest BCUT2D eigenvalue weighted by Crippen LogP contribution is 2.45. The molecular formula is C21H41NO2. The van der Waals surface area contributed by atoms with Gasteiger partial charge in [-0.3, -0.25) is 0 Å². The Balaban J connectivity index is 1.65. The molecule has 3 nitrogen and oxygen atoms in total. The van der Waals surface area contributed by atoms with Crippen LogP contribution in [0.3, 0.4) is 0 Å². The van der Waals surface area contributed by atoms with Gasteiger partial charge in [-0.25, -0.2) is 0 Å². The molecule has 0 bridgehead atoms. The number of ether oxygens (including phenoxy) is 2. The molecule has 24 heavy (non-hydrogen) atoms. The fraction of sp³-hybridized carbons (Fsp3) is 1.00. The van der Waals surface area contributed by atoms with E-state index in [4.69, 9.17) is 9.47 Å². The molecule has 0 aromatic carbocycles. The van der Waals surface area contributed by atoms with Crippen molar-refractivity contribution in [2.75, 3.05) is 26.7 Å². The van der Waals surface area contributed by atoms with Crippen molar-refractivity contribution in [1.29, 1.82) is 0 Å². The smallest absolute Gasteiger partial charge is 0.168 e. The number of hydrogen-bond acceptors (Lipinski definition) is 3. The molecule has 142 valence electrons. The van der Waals surface area contributed by atoms with Crippen LogP contribution < -0.4 is 0 Å². The predicted octanol–water partition coefficient (Wildman–Crippen LogP) is 5.24. The van der Waals surface area contributed by atoms with Crippen LogP contribution in [-0.2, 0) is 9.47 Å². The topological polar surface area (TPSA) is 21.7 Å². The van der Waals surface area contributed by atoms with Crippen molar-refractivity contribution < 1.29 is 9.47 Å². The summed E-state index contributed by atoms with van der Waals surface area (Å²) < 4.78 is 12.6. The molecule has 1 unspecified atom stereocenters. The summed E-state index contributed by atoms with van der Waals surface area (Å²) in [6.45, 7) is 12.5. The quantitative estimate of drug-likeness (QED) is 0.565. The largest absolute Gasteiger partial charge is 0.347 e. The summed E-state index contributed by atoms with van der Waals surface area (Å²) in [5.41, 5.74) is 0.417. The van der Waals surface area contributed by atoms with Gasteiger partial charge < -0.3 is 14.4 Å². The van der Waals surface area contributed by atoms with E-state index in [0.29, 0.717) is 11.5 Å². The molecule has 0 amide bonds. The van der Waals surface area contributed by atoms with E-state index in [0.717, 1.165) is 38.3 Å². The van der Waals surface area contributed by atoms with Crippen LogP contribution in [0.2, 0.25) is 0 Å². The Bertz CT molecular complexity index is 355. The van der Waals surface area contributed by atoms with E-state index in [1.54, 1.807) is 0 Å². The normalized spacial score (nSPS) is 31.2. The van der Waals surface area contributed by atoms with Crippen molar-refractivity contribution in [2.45, 2.75) is 97.4 Å². The lowest BCUT2D eigenvalue weighted by Gasteiger charge is -2.41. The van der Waals surface area contributed by atoms with Crippen LogP contribution in [0, 0.1) is 11.3 Å². The summed E-state index contributed by atoms with van der Waals surface area (Å²) in [6.07, 6.45) is 11.4. The van der Waals surface area contributed by atoms with Crippen molar-refractivity contribution in [1.82, 2.24) is 4.90 Å². The standard InChI is InChI=1S/C21H41NO2/c1-6-7-8-9-15-22(5)16-12-19-17-23-21(24-19)13-10-18(11-14-21)20(2,3)4/h18-19H,6-17H2,1-5H3. The van der Waals surface area contributed by atoms with Crippen LogP contribution in [0.1, 0.15) is 85.5 Å². The predicted molar refractivity (Wildman–Crippen MR) is 101 cm³/mol. The van der Waals surface area contributed by atoms with Crippen LogP contribution in [0.4, 0.5) is 0 Å². The number of nitrogens with zero attached hydrogens (tertiary/aromatic N) is 1. The van der Waals surface area contributed by atoms with Gasteiger partial charge in [-0.15, -0.1) is 0 Å². The molecule has 0 aromatic heterocycles. The lowest BCUT2D eigenvalue weighted by Crippen LogP contribution is -2.39. The first-order chi connectivity index (χ1) is 11.3. The second kappa shape index (κ2) is 9.00. The molecule has 0 N–H and O–H groups in total. The Labute approximate surface area is 150 Å². The van der Waals surface area contributed by atoms with Gasteiger partial charge in [0.1, 0.15) is 0 Å². The SMILES string of the molecule is CCCCCCN(C)CCC1COC2(CCC(C(C)(C)C)CC2)O1. The zero-order valence-electron chi connectivity index (χ0n) is 16.9. The van der Waals surface area contributed by atoms with Gasteiger partial charge in [0.25, 0.3) is 0 Å². The molecule has 3 heteroatoms. The zero-order chi connectivity index (χ0) is 17.6. The first-order valence-electron chi connectivity index (χ1n) is 10.3. The first kappa shape index (κ1) is 20.2. The molecule has 1 atom stereocenters. The van der Waals surface area contributed by atoms with E-state index in [1.165, 1.54) is 45.1 Å². The van der Waals surface area contributed by atoms with Crippen LogP contribution in [0.15, 0.2) is 0 Å². The zero-order valence-corrected chi connectivity index (χ0v) is 16.9. The maximum Gasteiger partial charge on any atom is 0.168 e. The fourth-order valence-electron chi connectivity index (χ4n) is 4.23. The molecule has 2 fully saturated rings. The molecule has 0 radical (unpaired) electrons. The lowest BCUT2D eigenvalue weighted by molar-refractivity contribution is -0.197. The first-order valence-corrected chi connectivity index (χ1v) is 10.3. The highest BCUT2D eigenvalue weighted by atomic mass is 16.7. The average Bonchev–Trinajstić information content (AvgIpc) is 2.92. The molecule has 1 spiro atoms. The van der Waals surface area contributed by atoms with Crippen LogP contribution in [0.25, 0.3) is 0 Å². The Morgan fingerprint density at radius 2 is 1.75 bits per heavy atom. The van der Waals surface area contributed by atoms with E-state index in [1.807, 2.05) is 0 Å². The maximum absolute atomic E-state index is 6.40. The molecule has 2 rings (SSSR count). The van der Waals surface area contributed by atoms with Gasteiger partial charge in [0, 0.05) is 19.4 Å². The summed E-state index contributed by atoms with van der Waals surface area (Å²) in [7, 11) is 2.24. The third kappa shape index (κ3) is 6.00. The lowest BCUT2D eigenvalue weighted by atomic mass is 9.71. The van der Waals surface area contributed by atoms with Crippen LogP contribution in [0.5, 0.6) is 0 Å². The van der Waals surface area contributed by atoms with Gasteiger partial charge in [0.05, 0.1) is 12.7 Å².